The molecule has 1 aromatic heterocycles. The van der Waals surface area contributed by atoms with E-state index in [2.05, 4.69) is 5.10 Å². The van der Waals surface area contributed by atoms with Crippen LogP contribution in [0.5, 0.6) is 0 Å². The summed E-state index contributed by atoms with van der Waals surface area (Å²) in [6, 6.07) is 2.00. The lowest BCUT2D eigenvalue weighted by Crippen LogP contribution is -2.05. The molecule has 0 aromatic carbocycles. The molecule has 0 radical (unpaired) electrons. The minimum Gasteiger partial charge on any atom is -0.394 e. The molecule has 5 heteroatoms. The van der Waals surface area contributed by atoms with E-state index in [0.29, 0.717) is 0 Å². The molecule has 0 spiro atoms. The maximum Gasteiger partial charge on any atom is 0.172 e. The van der Waals surface area contributed by atoms with Gasteiger partial charge in [0.15, 0.2) is 6.10 Å². The quantitative estimate of drug-likeness (QED) is 0.741. The van der Waals surface area contributed by atoms with Gasteiger partial charge in [-0.2, -0.15) is 10.4 Å². The number of aliphatic hydroxyl groups is 1. The van der Waals surface area contributed by atoms with E-state index in [9.17, 15) is 0 Å². The average molecular weight is 195 g/mol. The van der Waals surface area contributed by atoms with Crippen LogP contribution in [0.2, 0.25) is 0 Å². The van der Waals surface area contributed by atoms with E-state index < -0.39 is 6.10 Å². The molecule has 0 aliphatic heterocycles. The zero-order valence-electron chi connectivity index (χ0n) is 8.05. The molecule has 1 aromatic rings. The van der Waals surface area contributed by atoms with Gasteiger partial charge in [-0.15, -0.1) is 0 Å². The van der Waals surface area contributed by atoms with Gasteiger partial charge in [0.25, 0.3) is 0 Å². The standard InChI is InChI=1S/C9H13N3O2/c1-2-12-7-8(6-11-12)9(5-10)14-4-3-13/h6-7,9,13H,2-4H2,1H3. The molecule has 1 rings (SSSR count). The maximum absolute atomic E-state index is 8.79. The first-order chi connectivity index (χ1) is 6.81. The van der Waals surface area contributed by atoms with Crippen molar-refractivity contribution in [2.24, 2.45) is 0 Å². The molecule has 14 heavy (non-hydrogen) atoms. The molecule has 1 heterocycles. The van der Waals surface area contributed by atoms with E-state index in [1.165, 1.54) is 0 Å². The first-order valence-electron chi connectivity index (χ1n) is 4.46. The van der Waals surface area contributed by atoms with Crippen molar-refractivity contribution in [3.63, 3.8) is 0 Å². The van der Waals surface area contributed by atoms with Crippen LogP contribution in [0.4, 0.5) is 0 Å². The fraction of sp³-hybridized carbons (Fsp3) is 0.556. The monoisotopic (exact) mass is 195 g/mol. The Balaban J connectivity index is 2.65. The normalized spacial score (nSPS) is 12.4. The SMILES string of the molecule is CCn1cc(C(C#N)OCCO)cn1. The van der Waals surface area contributed by atoms with Crippen molar-refractivity contribution >= 4 is 0 Å². The number of ether oxygens (including phenoxy) is 1. The zero-order valence-corrected chi connectivity index (χ0v) is 8.05. The third kappa shape index (κ3) is 2.55. The summed E-state index contributed by atoms with van der Waals surface area (Å²) >= 11 is 0. The lowest BCUT2D eigenvalue weighted by Gasteiger charge is -2.06. The Bertz CT molecular complexity index is 316. The number of rotatable bonds is 5. The Morgan fingerprint density at radius 3 is 3.07 bits per heavy atom. The van der Waals surface area contributed by atoms with Crippen LogP contribution < -0.4 is 0 Å². The fourth-order valence-corrected chi connectivity index (χ4v) is 1.07. The fourth-order valence-electron chi connectivity index (χ4n) is 1.07. The van der Waals surface area contributed by atoms with Crippen molar-refractivity contribution in [1.29, 1.82) is 5.26 Å². The number of aliphatic hydroxyl groups excluding tert-OH is 1. The summed E-state index contributed by atoms with van der Waals surface area (Å²) < 4.78 is 6.84. The lowest BCUT2D eigenvalue weighted by atomic mass is 10.2. The molecular formula is C9H13N3O2. The predicted molar refractivity (Wildman–Crippen MR) is 49.3 cm³/mol. The summed E-state index contributed by atoms with van der Waals surface area (Å²) in [7, 11) is 0. The molecule has 0 saturated carbocycles. The number of hydrogen-bond donors (Lipinski definition) is 1. The van der Waals surface area contributed by atoms with Crippen molar-refractivity contribution in [2.45, 2.75) is 19.6 Å². The van der Waals surface area contributed by atoms with Crippen molar-refractivity contribution in [3.05, 3.63) is 18.0 Å². The average Bonchev–Trinajstić information content (AvgIpc) is 2.68. The van der Waals surface area contributed by atoms with E-state index in [4.69, 9.17) is 15.1 Å². The lowest BCUT2D eigenvalue weighted by molar-refractivity contribution is 0.0581. The van der Waals surface area contributed by atoms with E-state index in [1.54, 1.807) is 17.1 Å². The van der Waals surface area contributed by atoms with Gasteiger partial charge in [0.1, 0.15) is 0 Å². The van der Waals surface area contributed by atoms with Gasteiger partial charge in [0, 0.05) is 18.3 Å². The van der Waals surface area contributed by atoms with Crippen LogP contribution in [-0.2, 0) is 11.3 Å². The molecule has 0 bridgehead atoms. The molecule has 0 fully saturated rings. The van der Waals surface area contributed by atoms with Crippen LogP contribution >= 0.6 is 0 Å². The second-order valence-electron chi connectivity index (χ2n) is 2.73. The maximum atomic E-state index is 8.79. The van der Waals surface area contributed by atoms with Gasteiger partial charge in [-0.3, -0.25) is 4.68 Å². The van der Waals surface area contributed by atoms with Crippen LogP contribution in [0.1, 0.15) is 18.6 Å². The van der Waals surface area contributed by atoms with Gasteiger partial charge in [0.2, 0.25) is 0 Å². The van der Waals surface area contributed by atoms with Gasteiger partial charge < -0.3 is 9.84 Å². The number of nitrogens with zero attached hydrogens (tertiary/aromatic N) is 3. The zero-order chi connectivity index (χ0) is 10.4. The highest BCUT2D eigenvalue weighted by Crippen LogP contribution is 2.14. The highest BCUT2D eigenvalue weighted by Gasteiger charge is 2.12. The molecule has 0 amide bonds. The number of hydrogen-bond acceptors (Lipinski definition) is 4. The molecule has 0 aliphatic rings. The molecular weight excluding hydrogens is 182 g/mol. The summed E-state index contributed by atoms with van der Waals surface area (Å²) in [5.41, 5.74) is 0.725. The van der Waals surface area contributed by atoms with Gasteiger partial charge in [-0.25, -0.2) is 0 Å². The second-order valence-corrected chi connectivity index (χ2v) is 2.73. The Labute approximate surface area is 82.5 Å². The van der Waals surface area contributed by atoms with E-state index >= 15 is 0 Å². The number of aryl methyl sites for hydroxylation is 1. The Hall–Kier alpha value is -1.38. The second kappa shape index (κ2) is 5.37. The Morgan fingerprint density at radius 1 is 1.79 bits per heavy atom. The number of aromatic nitrogens is 2. The van der Waals surface area contributed by atoms with Crippen LogP contribution in [0.25, 0.3) is 0 Å². The van der Waals surface area contributed by atoms with Gasteiger partial charge >= 0.3 is 0 Å². The van der Waals surface area contributed by atoms with Crippen molar-refractivity contribution < 1.29 is 9.84 Å². The van der Waals surface area contributed by atoms with Gasteiger partial charge in [0.05, 0.1) is 25.5 Å². The molecule has 1 atom stereocenters. The van der Waals surface area contributed by atoms with Crippen molar-refractivity contribution in [3.8, 4) is 6.07 Å². The summed E-state index contributed by atoms with van der Waals surface area (Å²) in [5.74, 6) is 0. The van der Waals surface area contributed by atoms with Gasteiger partial charge in [-0.05, 0) is 6.92 Å². The van der Waals surface area contributed by atoms with Crippen LogP contribution in [0, 0.1) is 11.3 Å². The predicted octanol–water partition coefficient (Wildman–Crippen LogP) is 0.477. The summed E-state index contributed by atoms with van der Waals surface area (Å²) in [5, 5.41) is 21.4. The first kappa shape index (κ1) is 10.7. The van der Waals surface area contributed by atoms with E-state index in [1.807, 2.05) is 13.0 Å². The molecule has 1 unspecified atom stereocenters. The number of nitriles is 1. The van der Waals surface area contributed by atoms with Crippen molar-refractivity contribution in [1.82, 2.24) is 9.78 Å². The minimum atomic E-state index is -0.637. The largest absolute Gasteiger partial charge is 0.394 e. The van der Waals surface area contributed by atoms with Gasteiger partial charge in [-0.1, -0.05) is 0 Å². The smallest absolute Gasteiger partial charge is 0.172 e. The van der Waals surface area contributed by atoms with Crippen LogP contribution in [0.15, 0.2) is 12.4 Å². The molecule has 5 nitrogen and oxygen atoms in total. The van der Waals surface area contributed by atoms with E-state index in [-0.39, 0.29) is 13.2 Å². The molecule has 0 aliphatic carbocycles. The highest BCUT2D eigenvalue weighted by atomic mass is 16.5. The van der Waals surface area contributed by atoms with E-state index in [0.717, 1.165) is 12.1 Å². The van der Waals surface area contributed by atoms with Crippen LogP contribution in [0.3, 0.4) is 0 Å². The Kier molecular flexibility index (Phi) is 4.11. The summed E-state index contributed by atoms with van der Waals surface area (Å²) in [6.45, 7) is 2.81. The minimum absolute atomic E-state index is 0.0832. The first-order valence-corrected chi connectivity index (χ1v) is 4.46. The summed E-state index contributed by atoms with van der Waals surface area (Å²) in [4.78, 5) is 0. The molecule has 76 valence electrons. The Morgan fingerprint density at radius 2 is 2.57 bits per heavy atom. The molecule has 1 N–H and O–H groups in total. The summed E-state index contributed by atoms with van der Waals surface area (Å²) in [6.07, 6.45) is 2.74. The highest BCUT2D eigenvalue weighted by molar-refractivity contribution is 5.15. The van der Waals surface area contributed by atoms with Crippen molar-refractivity contribution in [2.75, 3.05) is 13.2 Å². The molecule has 0 saturated heterocycles. The topological polar surface area (TPSA) is 71.1 Å². The third-order valence-corrected chi connectivity index (χ3v) is 1.77. The third-order valence-electron chi connectivity index (χ3n) is 1.77. The van der Waals surface area contributed by atoms with Crippen LogP contribution in [-0.4, -0.2) is 28.1 Å².